The third-order valence-electron chi connectivity index (χ3n) is 4.92. The molecule has 33 heavy (non-hydrogen) atoms. The predicted molar refractivity (Wildman–Crippen MR) is 132 cm³/mol. The van der Waals surface area contributed by atoms with Crippen molar-refractivity contribution < 1.29 is 14.3 Å². The summed E-state index contributed by atoms with van der Waals surface area (Å²) < 4.78 is 5.65. The van der Waals surface area contributed by atoms with Gasteiger partial charge in [0.05, 0.1) is 5.56 Å². The van der Waals surface area contributed by atoms with Crippen LogP contribution in [-0.2, 0) is 9.53 Å². The lowest BCUT2D eigenvalue weighted by Gasteiger charge is -2.18. The molecule has 0 aromatic heterocycles. The van der Waals surface area contributed by atoms with Crippen molar-refractivity contribution in [1.29, 1.82) is 0 Å². The number of nitrogens with one attached hydrogen (secondary N) is 1. The number of hydrogen-bond acceptors (Lipinski definition) is 3. The predicted octanol–water partition coefficient (Wildman–Crippen LogP) is 7.20. The van der Waals surface area contributed by atoms with Gasteiger partial charge < -0.3 is 10.1 Å². The smallest absolute Gasteiger partial charge is 0.339 e. The van der Waals surface area contributed by atoms with E-state index in [2.05, 4.69) is 5.32 Å². The van der Waals surface area contributed by atoms with E-state index in [1.165, 1.54) is 0 Å². The van der Waals surface area contributed by atoms with Gasteiger partial charge in [-0.3, -0.25) is 4.79 Å². The molecule has 6 heteroatoms. The number of halogens is 2. The number of ether oxygens (including phenoxy) is 1. The third-order valence-corrected chi connectivity index (χ3v) is 5.36. The third kappa shape index (κ3) is 5.80. The van der Waals surface area contributed by atoms with Gasteiger partial charge in [0, 0.05) is 21.3 Å². The maximum absolute atomic E-state index is 13.1. The van der Waals surface area contributed by atoms with Gasteiger partial charge in [-0.25, -0.2) is 4.79 Å². The van der Waals surface area contributed by atoms with E-state index in [4.69, 9.17) is 27.9 Å². The van der Waals surface area contributed by atoms with Crippen molar-refractivity contribution in [3.63, 3.8) is 0 Å². The van der Waals surface area contributed by atoms with Gasteiger partial charge >= 0.3 is 5.97 Å². The zero-order valence-corrected chi connectivity index (χ0v) is 18.9. The van der Waals surface area contributed by atoms with E-state index in [0.717, 1.165) is 11.1 Å². The lowest BCUT2D eigenvalue weighted by molar-refractivity contribution is -0.125. The zero-order chi connectivity index (χ0) is 23.2. The Morgan fingerprint density at radius 3 is 1.85 bits per heavy atom. The molecule has 164 valence electrons. The van der Waals surface area contributed by atoms with Crippen LogP contribution in [0.15, 0.2) is 103 Å². The summed E-state index contributed by atoms with van der Waals surface area (Å²) in [5.74, 6) is -1.13. The minimum atomic E-state index is -1.16. The molecule has 0 fully saturated rings. The van der Waals surface area contributed by atoms with Crippen LogP contribution in [0.5, 0.6) is 0 Å². The molecule has 0 radical (unpaired) electrons. The highest BCUT2D eigenvalue weighted by Crippen LogP contribution is 2.26. The molecule has 1 atom stereocenters. The average Bonchev–Trinajstić information content (AvgIpc) is 2.83. The summed E-state index contributed by atoms with van der Waals surface area (Å²) in [4.78, 5) is 26.0. The standard InChI is InChI=1S/C27H19Cl2NO3/c28-22-15-23(29)17-24(16-22)30-26(31)25(20-9-5-2-6-10-20)33-27(32)21-13-11-19(12-14-21)18-7-3-1-4-8-18/h1-17,25H,(H,30,31)/t25-/m1/s1. The summed E-state index contributed by atoms with van der Waals surface area (Å²) in [5.41, 5.74) is 3.30. The summed E-state index contributed by atoms with van der Waals surface area (Å²) in [5, 5.41) is 3.48. The van der Waals surface area contributed by atoms with Gasteiger partial charge in [-0.15, -0.1) is 0 Å². The van der Waals surface area contributed by atoms with Gasteiger partial charge in [0.15, 0.2) is 0 Å². The number of rotatable bonds is 6. The van der Waals surface area contributed by atoms with Crippen LogP contribution in [0.4, 0.5) is 5.69 Å². The lowest BCUT2D eigenvalue weighted by atomic mass is 10.0. The van der Waals surface area contributed by atoms with Crippen LogP contribution < -0.4 is 5.32 Å². The summed E-state index contributed by atoms with van der Waals surface area (Å²) in [6.45, 7) is 0. The molecule has 1 amide bonds. The summed E-state index contributed by atoms with van der Waals surface area (Å²) in [6.07, 6.45) is -1.16. The molecule has 4 rings (SSSR count). The van der Waals surface area contributed by atoms with Gasteiger partial charge in [-0.2, -0.15) is 0 Å². The summed E-state index contributed by atoms with van der Waals surface area (Å²) in [6, 6.07) is 30.4. The van der Waals surface area contributed by atoms with E-state index < -0.39 is 18.0 Å². The van der Waals surface area contributed by atoms with Crippen molar-refractivity contribution in [3.05, 3.63) is 124 Å². The average molecular weight is 476 g/mol. The summed E-state index contributed by atoms with van der Waals surface area (Å²) >= 11 is 12.1. The topological polar surface area (TPSA) is 55.4 Å². The molecule has 0 bridgehead atoms. The number of anilines is 1. The highest BCUT2D eigenvalue weighted by atomic mass is 35.5. The Labute approximate surface area is 201 Å². The molecule has 0 unspecified atom stereocenters. The van der Waals surface area contributed by atoms with Gasteiger partial charge in [-0.1, -0.05) is 96.0 Å². The second-order valence-electron chi connectivity index (χ2n) is 7.29. The lowest BCUT2D eigenvalue weighted by Crippen LogP contribution is -2.26. The van der Waals surface area contributed by atoms with Crippen LogP contribution in [0.2, 0.25) is 10.0 Å². The van der Waals surface area contributed by atoms with Gasteiger partial charge in [0.2, 0.25) is 6.10 Å². The van der Waals surface area contributed by atoms with E-state index in [0.29, 0.717) is 26.9 Å². The molecular formula is C27H19Cl2NO3. The number of benzene rings is 4. The molecule has 0 heterocycles. The molecule has 4 nitrogen and oxygen atoms in total. The molecule has 0 aliphatic rings. The zero-order valence-electron chi connectivity index (χ0n) is 17.4. The Morgan fingerprint density at radius 2 is 1.24 bits per heavy atom. The molecule has 1 N–H and O–H groups in total. The highest BCUT2D eigenvalue weighted by molar-refractivity contribution is 6.35. The van der Waals surface area contributed by atoms with Crippen molar-refractivity contribution in [2.45, 2.75) is 6.10 Å². The van der Waals surface area contributed by atoms with Gasteiger partial charge in [0.25, 0.3) is 5.91 Å². The van der Waals surface area contributed by atoms with Crippen molar-refractivity contribution in [2.24, 2.45) is 0 Å². The molecule has 0 spiro atoms. The Morgan fingerprint density at radius 1 is 0.697 bits per heavy atom. The van der Waals surface area contributed by atoms with E-state index in [1.54, 1.807) is 54.6 Å². The molecule has 4 aromatic carbocycles. The number of amides is 1. The van der Waals surface area contributed by atoms with Crippen LogP contribution in [0.1, 0.15) is 22.0 Å². The van der Waals surface area contributed by atoms with E-state index in [1.807, 2.05) is 48.5 Å². The number of hydrogen-bond donors (Lipinski definition) is 1. The Balaban J connectivity index is 1.55. The maximum atomic E-state index is 13.1. The minimum absolute atomic E-state index is 0.342. The number of carbonyl (C=O) groups is 2. The van der Waals surface area contributed by atoms with Crippen molar-refractivity contribution in [3.8, 4) is 11.1 Å². The fourth-order valence-corrected chi connectivity index (χ4v) is 3.87. The second-order valence-corrected chi connectivity index (χ2v) is 8.16. The van der Waals surface area contributed by atoms with Crippen LogP contribution >= 0.6 is 23.2 Å². The first-order chi connectivity index (χ1) is 16.0. The van der Waals surface area contributed by atoms with Crippen molar-refractivity contribution >= 4 is 40.8 Å². The van der Waals surface area contributed by atoms with Crippen LogP contribution in [-0.4, -0.2) is 11.9 Å². The van der Waals surface area contributed by atoms with Crippen LogP contribution in [0, 0.1) is 0 Å². The largest absolute Gasteiger partial charge is 0.444 e. The second kappa shape index (κ2) is 10.3. The molecule has 0 aliphatic carbocycles. The van der Waals surface area contributed by atoms with Crippen molar-refractivity contribution in [1.82, 2.24) is 0 Å². The Bertz CT molecular complexity index is 1240. The van der Waals surface area contributed by atoms with Gasteiger partial charge in [0.1, 0.15) is 0 Å². The van der Waals surface area contributed by atoms with E-state index in [9.17, 15) is 9.59 Å². The Hall–Kier alpha value is -3.60. The monoisotopic (exact) mass is 475 g/mol. The van der Waals surface area contributed by atoms with E-state index in [-0.39, 0.29) is 0 Å². The fourth-order valence-electron chi connectivity index (χ4n) is 3.34. The summed E-state index contributed by atoms with van der Waals surface area (Å²) in [7, 11) is 0. The molecule has 4 aromatic rings. The minimum Gasteiger partial charge on any atom is -0.444 e. The van der Waals surface area contributed by atoms with Crippen molar-refractivity contribution in [2.75, 3.05) is 5.32 Å². The van der Waals surface area contributed by atoms with E-state index >= 15 is 0 Å². The number of esters is 1. The first kappa shape index (κ1) is 22.6. The number of carbonyl (C=O) groups excluding carboxylic acids is 2. The molecule has 0 saturated heterocycles. The molecule has 0 saturated carbocycles. The van der Waals surface area contributed by atoms with Crippen LogP contribution in [0.25, 0.3) is 11.1 Å². The normalized spacial score (nSPS) is 11.5. The highest BCUT2D eigenvalue weighted by Gasteiger charge is 2.26. The fraction of sp³-hybridized carbons (Fsp3) is 0.0370. The maximum Gasteiger partial charge on any atom is 0.339 e. The van der Waals surface area contributed by atoms with Crippen LogP contribution in [0.3, 0.4) is 0 Å². The first-order valence-electron chi connectivity index (χ1n) is 10.2. The quantitative estimate of drug-likeness (QED) is 0.300. The SMILES string of the molecule is O=C(O[C@@H](C(=O)Nc1cc(Cl)cc(Cl)c1)c1ccccc1)c1ccc(-c2ccccc2)cc1. The molecule has 0 aliphatic heterocycles. The molecular weight excluding hydrogens is 457 g/mol. The first-order valence-corrected chi connectivity index (χ1v) is 10.9. The Kier molecular flexibility index (Phi) is 7.08. The van der Waals surface area contributed by atoms with Gasteiger partial charge in [-0.05, 0) is 41.5 Å².